The Morgan fingerprint density at radius 3 is 2.41 bits per heavy atom. The first-order valence-electron chi connectivity index (χ1n) is 9.98. The van der Waals surface area contributed by atoms with Gasteiger partial charge >= 0.3 is 0 Å². The van der Waals surface area contributed by atoms with Crippen molar-refractivity contribution in [3.63, 3.8) is 0 Å². The molecule has 0 bridgehead atoms. The largest absolute Gasteiger partial charge is 0.383 e. The summed E-state index contributed by atoms with van der Waals surface area (Å²) < 4.78 is 5.05. The van der Waals surface area contributed by atoms with Gasteiger partial charge in [-0.25, -0.2) is 0 Å². The zero-order valence-electron chi connectivity index (χ0n) is 16.7. The first kappa shape index (κ1) is 20.1. The SMILES string of the molecule is COCCNC(=S)Nc1nc(N2CCCC2)cc(N2C[C@@H](C)C[C@H](C)C2)n1. The van der Waals surface area contributed by atoms with E-state index in [1.165, 1.54) is 19.3 Å². The highest BCUT2D eigenvalue weighted by molar-refractivity contribution is 7.80. The smallest absolute Gasteiger partial charge is 0.232 e. The van der Waals surface area contributed by atoms with Crippen LogP contribution in [0.15, 0.2) is 6.07 Å². The molecule has 3 rings (SSSR count). The summed E-state index contributed by atoms with van der Waals surface area (Å²) in [6.45, 7) is 10.1. The van der Waals surface area contributed by atoms with Gasteiger partial charge in [-0.2, -0.15) is 9.97 Å². The van der Waals surface area contributed by atoms with Crippen molar-refractivity contribution in [1.29, 1.82) is 0 Å². The maximum atomic E-state index is 5.38. The maximum absolute atomic E-state index is 5.38. The lowest BCUT2D eigenvalue weighted by molar-refractivity contribution is 0.204. The van der Waals surface area contributed by atoms with Gasteiger partial charge in [-0.05, 0) is 43.3 Å². The predicted molar refractivity (Wildman–Crippen MR) is 115 cm³/mol. The lowest BCUT2D eigenvalue weighted by atomic mass is 9.92. The van der Waals surface area contributed by atoms with Gasteiger partial charge in [0, 0.05) is 45.9 Å². The van der Waals surface area contributed by atoms with Crippen LogP contribution in [-0.2, 0) is 4.74 Å². The molecule has 2 atom stereocenters. The second-order valence-electron chi connectivity index (χ2n) is 7.83. The van der Waals surface area contributed by atoms with E-state index in [2.05, 4.69) is 40.3 Å². The zero-order chi connectivity index (χ0) is 19.2. The van der Waals surface area contributed by atoms with Crippen molar-refractivity contribution >= 4 is 34.9 Å². The molecule has 8 heteroatoms. The highest BCUT2D eigenvalue weighted by Crippen LogP contribution is 2.29. The van der Waals surface area contributed by atoms with Gasteiger partial charge in [0.1, 0.15) is 11.6 Å². The molecule has 2 aliphatic heterocycles. The van der Waals surface area contributed by atoms with Gasteiger partial charge in [0.25, 0.3) is 0 Å². The summed E-state index contributed by atoms with van der Waals surface area (Å²) in [5, 5.41) is 6.80. The van der Waals surface area contributed by atoms with Crippen molar-refractivity contribution in [2.75, 3.05) is 61.6 Å². The number of aromatic nitrogens is 2. The number of ether oxygens (including phenoxy) is 1. The molecule has 0 aromatic carbocycles. The molecular formula is C19H32N6OS. The van der Waals surface area contributed by atoms with Crippen LogP contribution >= 0.6 is 12.2 Å². The second-order valence-corrected chi connectivity index (χ2v) is 8.24. The van der Waals surface area contributed by atoms with E-state index in [1.54, 1.807) is 7.11 Å². The molecule has 2 aliphatic rings. The average Bonchev–Trinajstić information content (AvgIpc) is 3.15. The van der Waals surface area contributed by atoms with Gasteiger partial charge < -0.3 is 25.2 Å². The molecule has 3 heterocycles. The van der Waals surface area contributed by atoms with Crippen LogP contribution in [0.2, 0.25) is 0 Å². The number of hydrogen-bond acceptors (Lipinski definition) is 6. The van der Waals surface area contributed by atoms with Gasteiger partial charge in [0.15, 0.2) is 5.11 Å². The fourth-order valence-corrected chi connectivity index (χ4v) is 4.20. The van der Waals surface area contributed by atoms with Crippen LogP contribution in [0.25, 0.3) is 0 Å². The van der Waals surface area contributed by atoms with E-state index in [-0.39, 0.29) is 0 Å². The first-order valence-corrected chi connectivity index (χ1v) is 10.4. The molecular weight excluding hydrogens is 360 g/mol. The first-order chi connectivity index (χ1) is 13.0. The van der Waals surface area contributed by atoms with Crippen molar-refractivity contribution < 1.29 is 4.74 Å². The van der Waals surface area contributed by atoms with Crippen molar-refractivity contribution in [1.82, 2.24) is 15.3 Å². The van der Waals surface area contributed by atoms with E-state index in [1.807, 2.05) is 0 Å². The Morgan fingerprint density at radius 1 is 1.15 bits per heavy atom. The van der Waals surface area contributed by atoms with E-state index in [0.717, 1.165) is 37.8 Å². The fraction of sp³-hybridized carbons (Fsp3) is 0.737. The molecule has 1 aromatic rings. The summed E-state index contributed by atoms with van der Waals surface area (Å²) in [5.74, 6) is 3.90. The van der Waals surface area contributed by atoms with Crippen LogP contribution in [0.4, 0.5) is 17.6 Å². The van der Waals surface area contributed by atoms with Crippen LogP contribution in [0.1, 0.15) is 33.1 Å². The minimum atomic E-state index is 0.525. The molecule has 7 nitrogen and oxygen atoms in total. The minimum absolute atomic E-state index is 0.525. The summed E-state index contributed by atoms with van der Waals surface area (Å²) >= 11 is 5.38. The third kappa shape index (κ3) is 5.65. The van der Waals surface area contributed by atoms with Gasteiger partial charge in [-0.3, -0.25) is 0 Å². The molecule has 0 radical (unpaired) electrons. The number of rotatable bonds is 6. The van der Waals surface area contributed by atoms with Gasteiger partial charge in [0.05, 0.1) is 6.61 Å². The highest BCUT2D eigenvalue weighted by Gasteiger charge is 2.25. The Labute approximate surface area is 167 Å². The van der Waals surface area contributed by atoms with E-state index < -0.39 is 0 Å². The molecule has 1 aromatic heterocycles. The molecule has 2 fully saturated rings. The quantitative estimate of drug-likeness (QED) is 0.565. The number of piperidine rings is 1. The highest BCUT2D eigenvalue weighted by atomic mass is 32.1. The Morgan fingerprint density at radius 2 is 1.78 bits per heavy atom. The number of nitrogens with one attached hydrogen (secondary N) is 2. The van der Waals surface area contributed by atoms with Crippen LogP contribution in [0.5, 0.6) is 0 Å². The summed E-state index contributed by atoms with van der Waals surface area (Å²) in [7, 11) is 1.67. The molecule has 2 N–H and O–H groups in total. The second kappa shape index (κ2) is 9.50. The van der Waals surface area contributed by atoms with Crippen LogP contribution in [0.3, 0.4) is 0 Å². The minimum Gasteiger partial charge on any atom is -0.383 e. The molecule has 27 heavy (non-hydrogen) atoms. The number of hydrogen-bond donors (Lipinski definition) is 2. The van der Waals surface area contributed by atoms with E-state index in [4.69, 9.17) is 26.9 Å². The molecule has 2 saturated heterocycles. The Bertz CT molecular complexity index is 627. The summed E-state index contributed by atoms with van der Waals surface area (Å²) in [6.07, 6.45) is 3.72. The third-order valence-corrected chi connectivity index (χ3v) is 5.39. The Hall–Kier alpha value is -1.67. The van der Waals surface area contributed by atoms with E-state index in [9.17, 15) is 0 Å². The topological polar surface area (TPSA) is 65.6 Å². The summed E-state index contributed by atoms with van der Waals surface area (Å²) in [6, 6.07) is 2.14. The fourth-order valence-electron chi connectivity index (χ4n) is 4.01. The normalized spacial score (nSPS) is 22.8. The zero-order valence-corrected chi connectivity index (χ0v) is 17.5. The van der Waals surface area contributed by atoms with Crippen LogP contribution in [0, 0.1) is 11.8 Å². The number of thiocarbonyl (C=S) groups is 1. The molecule has 0 amide bonds. The predicted octanol–water partition coefficient (Wildman–Crippen LogP) is 2.49. The van der Waals surface area contributed by atoms with Crippen molar-refractivity contribution in [2.24, 2.45) is 11.8 Å². The van der Waals surface area contributed by atoms with Crippen molar-refractivity contribution in [3.05, 3.63) is 6.07 Å². The maximum Gasteiger partial charge on any atom is 0.232 e. The van der Waals surface area contributed by atoms with Crippen molar-refractivity contribution in [2.45, 2.75) is 33.1 Å². The monoisotopic (exact) mass is 392 g/mol. The molecule has 0 aliphatic carbocycles. The van der Waals surface area contributed by atoms with Crippen LogP contribution < -0.4 is 20.4 Å². The number of methoxy groups -OCH3 is 1. The number of anilines is 3. The lowest BCUT2D eigenvalue weighted by Crippen LogP contribution is -2.39. The average molecular weight is 393 g/mol. The van der Waals surface area contributed by atoms with Crippen LogP contribution in [-0.4, -0.2) is 61.5 Å². The van der Waals surface area contributed by atoms with Gasteiger partial charge in [-0.1, -0.05) is 13.8 Å². The lowest BCUT2D eigenvalue weighted by Gasteiger charge is -2.36. The third-order valence-electron chi connectivity index (χ3n) is 5.14. The van der Waals surface area contributed by atoms with Crippen molar-refractivity contribution in [3.8, 4) is 0 Å². The van der Waals surface area contributed by atoms with E-state index in [0.29, 0.717) is 36.0 Å². The van der Waals surface area contributed by atoms with Gasteiger partial charge in [0.2, 0.25) is 5.95 Å². The molecule has 0 saturated carbocycles. The van der Waals surface area contributed by atoms with Gasteiger partial charge in [-0.15, -0.1) is 0 Å². The number of nitrogens with zero attached hydrogens (tertiary/aromatic N) is 4. The Kier molecular flexibility index (Phi) is 7.07. The summed E-state index contributed by atoms with van der Waals surface area (Å²) in [5.41, 5.74) is 0. The molecule has 0 spiro atoms. The molecule has 150 valence electrons. The standard InChI is InChI=1S/C19H32N6OS/c1-14-10-15(2)13-25(12-14)17-11-16(24-7-4-5-8-24)21-18(22-17)23-19(27)20-6-9-26-3/h11,14-15H,4-10,12-13H2,1-3H3,(H2,20,21,22,23,27)/t14-,15-/m0/s1. The molecule has 0 unspecified atom stereocenters. The van der Waals surface area contributed by atoms with E-state index >= 15 is 0 Å². The Balaban J connectivity index is 1.79. The summed E-state index contributed by atoms with van der Waals surface area (Å²) in [4.78, 5) is 14.3.